The molecule has 0 saturated heterocycles. The summed E-state index contributed by atoms with van der Waals surface area (Å²) in [4.78, 5) is 35.8. The maximum atomic E-state index is 12.2. The first-order chi connectivity index (χ1) is 12.8. The van der Waals surface area contributed by atoms with Crippen LogP contribution in [0.15, 0.2) is 48.5 Å². The Hall–Kier alpha value is -3.15. The maximum absolute atomic E-state index is 12.2. The van der Waals surface area contributed by atoms with Gasteiger partial charge < -0.3 is 14.8 Å². The zero-order valence-corrected chi connectivity index (χ0v) is 15.8. The fourth-order valence-electron chi connectivity index (χ4n) is 2.32. The summed E-state index contributed by atoms with van der Waals surface area (Å²) >= 11 is 0. The van der Waals surface area contributed by atoms with Gasteiger partial charge in [0.15, 0.2) is 18.0 Å². The molecule has 6 nitrogen and oxygen atoms in total. The van der Waals surface area contributed by atoms with Gasteiger partial charge in [-0.3, -0.25) is 9.59 Å². The number of esters is 1. The number of nitrogens with one attached hydrogen (secondary N) is 1. The van der Waals surface area contributed by atoms with Gasteiger partial charge in [0.1, 0.15) is 5.75 Å². The minimum absolute atomic E-state index is 0.104. The fraction of sp³-hybridized carbons (Fsp3) is 0.286. The predicted octanol–water partition coefficient (Wildman–Crippen LogP) is 3.54. The number of amides is 1. The van der Waals surface area contributed by atoms with E-state index in [1.165, 1.54) is 13.8 Å². The highest BCUT2D eigenvalue weighted by molar-refractivity contribution is 5.98. The number of Topliss-reactive ketones (excluding diaryl/α,β-unsaturated/α-hetero) is 1. The highest BCUT2D eigenvalue weighted by atomic mass is 16.6. The predicted molar refractivity (Wildman–Crippen MR) is 102 cm³/mol. The zero-order chi connectivity index (χ0) is 20.0. The molecular weight excluding hydrogens is 346 g/mol. The van der Waals surface area contributed by atoms with Crippen LogP contribution in [0.25, 0.3) is 0 Å². The van der Waals surface area contributed by atoms with E-state index in [-0.39, 0.29) is 5.78 Å². The van der Waals surface area contributed by atoms with E-state index in [9.17, 15) is 14.4 Å². The summed E-state index contributed by atoms with van der Waals surface area (Å²) in [5, 5.41) is 2.63. The first-order valence-electron chi connectivity index (χ1n) is 8.62. The number of carbonyl (C=O) groups excluding carboxylic acids is 3. The first-order valence-corrected chi connectivity index (χ1v) is 8.62. The lowest BCUT2D eigenvalue weighted by Gasteiger charge is -2.18. The van der Waals surface area contributed by atoms with E-state index in [0.717, 1.165) is 5.56 Å². The lowest BCUT2D eigenvalue weighted by Crippen LogP contribution is -2.35. The van der Waals surface area contributed by atoms with Crippen molar-refractivity contribution in [2.45, 2.75) is 39.9 Å². The van der Waals surface area contributed by atoms with Gasteiger partial charge in [0.25, 0.3) is 5.91 Å². The van der Waals surface area contributed by atoms with Crippen LogP contribution in [0.2, 0.25) is 0 Å². The number of aryl methyl sites for hydroxylation is 1. The van der Waals surface area contributed by atoms with Crippen LogP contribution in [-0.4, -0.2) is 29.9 Å². The Labute approximate surface area is 158 Å². The van der Waals surface area contributed by atoms with Crippen LogP contribution in [0.3, 0.4) is 0 Å². The molecule has 0 aliphatic heterocycles. The quantitative estimate of drug-likeness (QED) is 0.596. The topological polar surface area (TPSA) is 81.7 Å². The summed E-state index contributed by atoms with van der Waals surface area (Å²) < 4.78 is 10.7. The molecule has 0 spiro atoms. The molecule has 0 aliphatic rings. The second kappa shape index (κ2) is 8.98. The van der Waals surface area contributed by atoms with E-state index in [1.54, 1.807) is 37.3 Å². The summed E-state index contributed by atoms with van der Waals surface area (Å²) in [5.74, 6) is -0.686. The molecule has 0 aliphatic carbocycles. The highest BCUT2D eigenvalue weighted by Crippen LogP contribution is 2.15. The van der Waals surface area contributed by atoms with Gasteiger partial charge in [0.05, 0.1) is 0 Å². The van der Waals surface area contributed by atoms with Gasteiger partial charge in [-0.2, -0.15) is 0 Å². The summed E-state index contributed by atoms with van der Waals surface area (Å²) in [6.45, 7) is 6.40. The van der Waals surface area contributed by atoms with Crippen molar-refractivity contribution in [2.24, 2.45) is 0 Å². The lowest BCUT2D eigenvalue weighted by atomic mass is 10.1. The third kappa shape index (κ3) is 5.95. The summed E-state index contributed by atoms with van der Waals surface area (Å²) in [5.41, 5.74) is 1.95. The van der Waals surface area contributed by atoms with Gasteiger partial charge in [0, 0.05) is 11.3 Å². The average Bonchev–Trinajstić information content (AvgIpc) is 2.61. The van der Waals surface area contributed by atoms with Crippen LogP contribution in [0.5, 0.6) is 5.75 Å². The van der Waals surface area contributed by atoms with E-state index >= 15 is 0 Å². The molecule has 6 heteroatoms. The number of anilines is 1. The minimum atomic E-state index is -1.01. The smallest absolute Gasteiger partial charge is 0.347 e. The van der Waals surface area contributed by atoms with Crippen molar-refractivity contribution in [3.05, 3.63) is 59.7 Å². The van der Waals surface area contributed by atoms with Crippen LogP contribution in [0, 0.1) is 6.92 Å². The standard InChI is InChI=1S/C21H23NO5/c1-13-7-5-10-19(11-13)26-16(4)21(25)27-15(3)20(24)22-18-9-6-8-17(12-18)14(2)23/h5-12,15-16H,1-4H3,(H,22,24)/t15-,16-/m1/s1. The minimum Gasteiger partial charge on any atom is -0.479 e. The Morgan fingerprint density at radius 3 is 2.33 bits per heavy atom. The highest BCUT2D eigenvalue weighted by Gasteiger charge is 2.23. The van der Waals surface area contributed by atoms with Gasteiger partial charge in [-0.25, -0.2) is 4.79 Å². The Bertz CT molecular complexity index is 846. The molecule has 0 radical (unpaired) electrons. The molecule has 2 atom stereocenters. The number of hydrogen-bond acceptors (Lipinski definition) is 5. The number of carbonyl (C=O) groups is 3. The van der Waals surface area contributed by atoms with Crippen molar-refractivity contribution in [3.63, 3.8) is 0 Å². The number of ether oxygens (including phenoxy) is 2. The van der Waals surface area contributed by atoms with Crippen LogP contribution in [0.4, 0.5) is 5.69 Å². The van der Waals surface area contributed by atoms with E-state index in [4.69, 9.17) is 9.47 Å². The molecule has 0 fully saturated rings. The monoisotopic (exact) mass is 369 g/mol. The van der Waals surface area contributed by atoms with Crippen LogP contribution < -0.4 is 10.1 Å². The molecule has 0 bridgehead atoms. The fourth-order valence-corrected chi connectivity index (χ4v) is 2.32. The van der Waals surface area contributed by atoms with Crippen molar-refractivity contribution in [1.82, 2.24) is 0 Å². The van der Waals surface area contributed by atoms with Gasteiger partial charge in [-0.15, -0.1) is 0 Å². The molecule has 2 aromatic carbocycles. The van der Waals surface area contributed by atoms with Gasteiger partial charge in [0.2, 0.25) is 0 Å². The van der Waals surface area contributed by atoms with Crippen molar-refractivity contribution >= 4 is 23.3 Å². The average molecular weight is 369 g/mol. The van der Waals surface area contributed by atoms with Gasteiger partial charge in [-0.05, 0) is 57.5 Å². The van der Waals surface area contributed by atoms with Crippen LogP contribution in [-0.2, 0) is 14.3 Å². The number of benzene rings is 2. The van der Waals surface area contributed by atoms with E-state index in [1.807, 2.05) is 25.1 Å². The number of ketones is 1. The van der Waals surface area contributed by atoms with Crippen molar-refractivity contribution in [3.8, 4) is 5.75 Å². The first kappa shape index (κ1) is 20.2. The van der Waals surface area contributed by atoms with Crippen molar-refractivity contribution in [1.29, 1.82) is 0 Å². The Morgan fingerprint density at radius 2 is 1.67 bits per heavy atom. The molecule has 27 heavy (non-hydrogen) atoms. The largest absolute Gasteiger partial charge is 0.479 e. The summed E-state index contributed by atoms with van der Waals surface area (Å²) in [6.07, 6.45) is -1.87. The normalized spacial score (nSPS) is 12.6. The molecular formula is C21H23NO5. The summed E-state index contributed by atoms with van der Waals surface area (Å²) in [6, 6.07) is 13.8. The number of hydrogen-bond donors (Lipinski definition) is 1. The van der Waals surface area contributed by atoms with Crippen molar-refractivity contribution < 1.29 is 23.9 Å². The van der Waals surface area contributed by atoms with Crippen LogP contribution in [0.1, 0.15) is 36.7 Å². The molecule has 2 rings (SSSR count). The molecule has 0 unspecified atom stereocenters. The Balaban J connectivity index is 1.92. The van der Waals surface area contributed by atoms with Crippen LogP contribution >= 0.6 is 0 Å². The lowest BCUT2D eigenvalue weighted by molar-refractivity contribution is -0.159. The molecule has 2 aromatic rings. The van der Waals surface area contributed by atoms with E-state index < -0.39 is 24.1 Å². The molecule has 1 amide bonds. The number of rotatable bonds is 7. The Morgan fingerprint density at radius 1 is 0.963 bits per heavy atom. The van der Waals surface area contributed by atoms with Gasteiger partial charge in [-0.1, -0.05) is 24.3 Å². The molecule has 142 valence electrons. The molecule has 0 heterocycles. The molecule has 0 saturated carbocycles. The Kier molecular flexibility index (Phi) is 6.71. The molecule has 1 N–H and O–H groups in total. The van der Waals surface area contributed by atoms with Gasteiger partial charge >= 0.3 is 5.97 Å². The second-order valence-electron chi connectivity index (χ2n) is 6.28. The SMILES string of the molecule is CC(=O)c1cccc(NC(=O)[C@@H](C)OC(=O)[C@@H](C)Oc2cccc(C)c2)c1. The third-order valence-corrected chi connectivity index (χ3v) is 3.83. The maximum Gasteiger partial charge on any atom is 0.347 e. The second-order valence-corrected chi connectivity index (χ2v) is 6.28. The zero-order valence-electron chi connectivity index (χ0n) is 15.8. The van der Waals surface area contributed by atoms with Crippen molar-refractivity contribution in [2.75, 3.05) is 5.32 Å². The third-order valence-electron chi connectivity index (χ3n) is 3.83. The van der Waals surface area contributed by atoms with E-state index in [0.29, 0.717) is 17.0 Å². The summed E-state index contributed by atoms with van der Waals surface area (Å²) in [7, 11) is 0. The van der Waals surface area contributed by atoms with E-state index in [2.05, 4.69) is 5.32 Å². The molecule has 0 aromatic heterocycles.